The van der Waals surface area contributed by atoms with Gasteiger partial charge in [-0.15, -0.1) is 0 Å². The second-order valence-electron chi connectivity index (χ2n) is 7.01. The number of furan rings is 1. The van der Waals surface area contributed by atoms with E-state index in [1.165, 1.54) is 25.9 Å². The summed E-state index contributed by atoms with van der Waals surface area (Å²) in [6.45, 7) is 7.02. The van der Waals surface area contributed by atoms with Crippen molar-refractivity contribution in [1.82, 2.24) is 20.4 Å². The Kier molecular flexibility index (Phi) is 7.59. The Morgan fingerprint density at radius 2 is 2.12 bits per heavy atom. The van der Waals surface area contributed by atoms with Crippen molar-refractivity contribution in [3.05, 3.63) is 24.2 Å². The summed E-state index contributed by atoms with van der Waals surface area (Å²) >= 11 is 0. The molecule has 1 fully saturated rings. The molecule has 2 rings (SSSR count). The van der Waals surface area contributed by atoms with E-state index in [9.17, 15) is 4.79 Å². The second-order valence-corrected chi connectivity index (χ2v) is 7.01. The molecule has 0 saturated carbocycles. The summed E-state index contributed by atoms with van der Waals surface area (Å²) in [5.74, 6) is 1.73. The summed E-state index contributed by atoms with van der Waals surface area (Å²) in [6.07, 6.45) is 5.25. The van der Waals surface area contributed by atoms with Crippen molar-refractivity contribution in [1.29, 1.82) is 0 Å². The number of likely N-dealkylation sites (tertiary alicyclic amines) is 1. The average molecular weight is 336 g/mol. The van der Waals surface area contributed by atoms with Crippen molar-refractivity contribution < 1.29 is 9.21 Å². The molecule has 2 amide bonds. The van der Waals surface area contributed by atoms with Crippen LogP contribution in [0.25, 0.3) is 0 Å². The highest BCUT2D eigenvalue weighted by molar-refractivity contribution is 5.73. The zero-order valence-corrected chi connectivity index (χ0v) is 15.3. The Morgan fingerprint density at radius 3 is 2.75 bits per heavy atom. The maximum absolute atomic E-state index is 11.9. The van der Waals surface area contributed by atoms with E-state index in [0.717, 1.165) is 24.6 Å². The highest BCUT2D eigenvalue weighted by Gasteiger charge is 2.18. The van der Waals surface area contributed by atoms with E-state index < -0.39 is 0 Å². The third-order valence-electron chi connectivity index (χ3n) is 4.76. The number of amides is 2. The first-order valence-electron chi connectivity index (χ1n) is 9.00. The number of piperidine rings is 1. The van der Waals surface area contributed by atoms with E-state index in [2.05, 4.69) is 22.5 Å². The largest absolute Gasteiger partial charge is 0.468 e. The van der Waals surface area contributed by atoms with Gasteiger partial charge in [-0.05, 0) is 71.0 Å². The number of carbonyl (C=O) groups is 1. The molecule has 1 aromatic heterocycles. The summed E-state index contributed by atoms with van der Waals surface area (Å²) in [4.78, 5) is 16.5. The fraction of sp³-hybridized carbons (Fsp3) is 0.722. The lowest BCUT2D eigenvalue weighted by Crippen LogP contribution is -2.41. The van der Waals surface area contributed by atoms with Crippen LogP contribution >= 0.6 is 0 Å². The molecule has 136 valence electrons. The van der Waals surface area contributed by atoms with E-state index in [1.807, 2.05) is 31.1 Å². The van der Waals surface area contributed by atoms with Crippen LogP contribution in [0.4, 0.5) is 4.79 Å². The zero-order chi connectivity index (χ0) is 17.4. The summed E-state index contributed by atoms with van der Waals surface area (Å²) in [6, 6.07) is 3.73. The smallest absolute Gasteiger partial charge is 0.314 e. The zero-order valence-electron chi connectivity index (χ0n) is 15.3. The third-order valence-corrected chi connectivity index (χ3v) is 4.76. The maximum Gasteiger partial charge on any atom is 0.314 e. The lowest BCUT2D eigenvalue weighted by atomic mass is 9.99. The fourth-order valence-corrected chi connectivity index (χ4v) is 3.06. The van der Waals surface area contributed by atoms with E-state index in [4.69, 9.17) is 4.42 Å². The monoisotopic (exact) mass is 336 g/mol. The maximum atomic E-state index is 11.9. The van der Waals surface area contributed by atoms with E-state index in [0.29, 0.717) is 13.1 Å². The summed E-state index contributed by atoms with van der Waals surface area (Å²) in [7, 11) is 3.96. The molecule has 1 atom stereocenters. The molecule has 1 saturated heterocycles. The first-order chi connectivity index (χ1) is 11.6. The van der Waals surface area contributed by atoms with E-state index in [1.54, 1.807) is 6.26 Å². The Morgan fingerprint density at radius 1 is 1.38 bits per heavy atom. The number of urea groups is 1. The van der Waals surface area contributed by atoms with Crippen molar-refractivity contribution in [2.75, 3.05) is 46.8 Å². The highest BCUT2D eigenvalue weighted by Crippen LogP contribution is 2.17. The van der Waals surface area contributed by atoms with Crippen molar-refractivity contribution in [3.8, 4) is 0 Å². The van der Waals surface area contributed by atoms with Gasteiger partial charge in [0.25, 0.3) is 0 Å². The molecule has 2 heterocycles. The van der Waals surface area contributed by atoms with Gasteiger partial charge in [-0.2, -0.15) is 0 Å². The molecule has 0 spiro atoms. The van der Waals surface area contributed by atoms with Gasteiger partial charge in [0.05, 0.1) is 12.3 Å². The van der Waals surface area contributed by atoms with Crippen LogP contribution in [0.1, 0.15) is 38.0 Å². The molecule has 24 heavy (non-hydrogen) atoms. The first-order valence-corrected chi connectivity index (χ1v) is 9.00. The molecule has 6 nitrogen and oxygen atoms in total. The molecule has 0 aliphatic carbocycles. The molecular weight excluding hydrogens is 304 g/mol. The Hall–Kier alpha value is -1.53. The average Bonchev–Trinajstić information content (AvgIpc) is 3.07. The number of hydrogen-bond donors (Lipinski definition) is 2. The van der Waals surface area contributed by atoms with Gasteiger partial charge in [0.2, 0.25) is 0 Å². The third kappa shape index (κ3) is 6.17. The van der Waals surface area contributed by atoms with Crippen molar-refractivity contribution >= 4 is 6.03 Å². The molecule has 0 bridgehead atoms. The molecule has 1 aromatic rings. The van der Waals surface area contributed by atoms with Gasteiger partial charge in [0, 0.05) is 13.1 Å². The number of carbonyl (C=O) groups excluding carboxylic acids is 1. The van der Waals surface area contributed by atoms with Crippen LogP contribution in [0.15, 0.2) is 22.8 Å². The lowest BCUT2D eigenvalue weighted by Gasteiger charge is -2.30. The Labute approximate surface area is 145 Å². The van der Waals surface area contributed by atoms with Crippen LogP contribution in [0.5, 0.6) is 0 Å². The van der Waals surface area contributed by atoms with Gasteiger partial charge in [-0.3, -0.25) is 4.90 Å². The van der Waals surface area contributed by atoms with Gasteiger partial charge in [-0.1, -0.05) is 6.92 Å². The minimum atomic E-state index is -0.110. The lowest BCUT2D eigenvalue weighted by molar-refractivity contribution is 0.189. The SMILES string of the molecule is CC1CCN(CCCNC(=O)NCC(c2ccco2)N(C)C)CC1. The van der Waals surface area contributed by atoms with Crippen LogP contribution < -0.4 is 10.6 Å². The van der Waals surface area contributed by atoms with Crippen LogP contribution in [0, 0.1) is 5.92 Å². The predicted molar refractivity (Wildman–Crippen MR) is 96.0 cm³/mol. The molecule has 2 N–H and O–H groups in total. The number of nitrogens with one attached hydrogen (secondary N) is 2. The van der Waals surface area contributed by atoms with Gasteiger partial charge in [0.15, 0.2) is 0 Å². The van der Waals surface area contributed by atoms with Crippen molar-refractivity contribution in [3.63, 3.8) is 0 Å². The van der Waals surface area contributed by atoms with Gasteiger partial charge < -0.3 is 20.0 Å². The predicted octanol–water partition coefficient (Wildman–Crippen LogP) is 2.30. The number of hydrogen-bond acceptors (Lipinski definition) is 4. The molecule has 1 unspecified atom stereocenters. The summed E-state index contributed by atoms with van der Waals surface area (Å²) < 4.78 is 5.44. The molecule has 6 heteroatoms. The normalized spacial score (nSPS) is 17.8. The topological polar surface area (TPSA) is 60.8 Å². The number of rotatable bonds is 8. The molecule has 1 aliphatic rings. The van der Waals surface area contributed by atoms with Crippen LogP contribution in [-0.2, 0) is 0 Å². The summed E-state index contributed by atoms with van der Waals surface area (Å²) in [5.41, 5.74) is 0. The fourth-order valence-electron chi connectivity index (χ4n) is 3.06. The number of nitrogens with zero attached hydrogens (tertiary/aromatic N) is 2. The minimum absolute atomic E-state index is 0.0427. The van der Waals surface area contributed by atoms with E-state index >= 15 is 0 Å². The van der Waals surface area contributed by atoms with Crippen LogP contribution in [0.2, 0.25) is 0 Å². The highest BCUT2D eigenvalue weighted by atomic mass is 16.3. The van der Waals surface area contributed by atoms with Gasteiger partial charge >= 0.3 is 6.03 Å². The van der Waals surface area contributed by atoms with Gasteiger partial charge in [0.1, 0.15) is 5.76 Å². The van der Waals surface area contributed by atoms with E-state index in [-0.39, 0.29) is 12.1 Å². The van der Waals surface area contributed by atoms with Crippen LogP contribution in [0.3, 0.4) is 0 Å². The number of likely N-dealkylation sites (N-methyl/N-ethyl adjacent to an activating group) is 1. The Balaban J connectivity index is 1.59. The van der Waals surface area contributed by atoms with Gasteiger partial charge in [-0.25, -0.2) is 4.79 Å². The minimum Gasteiger partial charge on any atom is -0.468 e. The molecule has 0 radical (unpaired) electrons. The summed E-state index contributed by atoms with van der Waals surface area (Å²) in [5, 5.41) is 5.88. The molecule has 0 aromatic carbocycles. The van der Waals surface area contributed by atoms with Crippen LogP contribution in [-0.4, -0.2) is 62.7 Å². The first kappa shape index (κ1) is 18.8. The van der Waals surface area contributed by atoms with Crippen molar-refractivity contribution in [2.45, 2.75) is 32.2 Å². The Bertz CT molecular complexity index is 467. The molecular formula is C18H32N4O2. The second kappa shape index (κ2) is 9.69. The molecule has 1 aliphatic heterocycles. The quantitative estimate of drug-likeness (QED) is 0.715. The standard InChI is InChI=1S/C18H32N4O2/c1-15-7-11-22(12-8-15)10-5-9-19-18(23)20-14-16(21(2)3)17-6-4-13-24-17/h4,6,13,15-16H,5,7-12,14H2,1-3H3,(H2,19,20,23). The van der Waals surface area contributed by atoms with Crippen molar-refractivity contribution in [2.24, 2.45) is 5.92 Å².